The number of rotatable bonds is 3. The average molecular weight is 362 g/mol. The van der Waals surface area contributed by atoms with Gasteiger partial charge in [0.2, 0.25) is 0 Å². The Balaban J connectivity index is 1.71. The molecule has 3 atom stereocenters. The van der Waals surface area contributed by atoms with Gasteiger partial charge in [-0.1, -0.05) is 12.1 Å². The number of likely N-dealkylation sites (tertiary alicyclic amines) is 1. The average Bonchev–Trinajstić information content (AvgIpc) is 2.86. The van der Waals surface area contributed by atoms with Gasteiger partial charge in [0.25, 0.3) is 10.2 Å². The molecule has 136 valence electrons. The number of aryl methyl sites for hydroxylation is 1. The summed E-state index contributed by atoms with van der Waals surface area (Å²) in [5.41, 5.74) is 4.04. The number of hydrogen-bond donors (Lipinski definition) is 1. The number of piperidine rings is 1. The number of likely N-dealkylation sites (N-methyl/N-ethyl adjacent to an activating group) is 1. The minimum absolute atomic E-state index is 0.0702. The summed E-state index contributed by atoms with van der Waals surface area (Å²) >= 11 is 0. The van der Waals surface area contributed by atoms with Gasteiger partial charge < -0.3 is 9.47 Å². The van der Waals surface area contributed by atoms with Crippen molar-refractivity contribution in [3.8, 4) is 0 Å². The fraction of sp³-hybridized carbons (Fsp3) is 0.556. The predicted octanol–water partition coefficient (Wildman–Crippen LogP) is 1.29. The number of aromatic nitrogens is 1. The van der Waals surface area contributed by atoms with Gasteiger partial charge in [0.1, 0.15) is 0 Å². The third kappa shape index (κ3) is 2.70. The van der Waals surface area contributed by atoms with Crippen LogP contribution in [0, 0.1) is 0 Å². The summed E-state index contributed by atoms with van der Waals surface area (Å²) in [6.07, 6.45) is 4.12. The van der Waals surface area contributed by atoms with Crippen LogP contribution < -0.4 is 4.72 Å². The molecule has 6 nitrogen and oxygen atoms in total. The zero-order valence-electron chi connectivity index (χ0n) is 15.2. The summed E-state index contributed by atoms with van der Waals surface area (Å²) in [6, 6.07) is 6.87. The molecule has 0 bridgehead atoms. The van der Waals surface area contributed by atoms with E-state index in [9.17, 15) is 8.42 Å². The van der Waals surface area contributed by atoms with Crippen LogP contribution in [0.2, 0.25) is 0 Å². The molecule has 1 aromatic carbocycles. The Morgan fingerprint density at radius 2 is 2.00 bits per heavy atom. The first-order chi connectivity index (χ1) is 11.8. The van der Waals surface area contributed by atoms with E-state index in [0.717, 1.165) is 19.4 Å². The number of nitrogens with one attached hydrogen (secondary N) is 1. The molecule has 1 aromatic heterocycles. The van der Waals surface area contributed by atoms with Crippen molar-refractivity contribution in [3.63, 3.8) is 0 Å². The molecule has 1 saturated heterocycles. The summed E-state index contributed by atoms with van der Waals surface area (Å²) in [5.74, 6) is 0.354. The van der Waals surface area contributed by atoms with Gasteiger partial charge in [-0.05, 0) is 37.1 Å². The van der Waals surface area contributed by atoms with Crippen molar-refractivity contribution < 1.29 is 8.42 Å². The lowest BCUT2D eigenvalue weighted by atomic mass is 9.74. The van der Waals surface area contributed by atoms with Crippen LogP contribution in [0.5, 0.6) is 0 Å². The van der Waals surface area contributed by atoms with Crippen LogP contribution in [0.25, 0.3) is 10.9 Å². The van der Waals surface area contributed by atoms with Crippen LogP contribution in [-0.4, -0.2) is 62.0 Å². The van der Waals surface area contributed by atoms with E-state index in [4.69, 9.17) is 0 Å². The highest BCUT2D eigenvalue weighted by Gasteiger charge is 2.40. The highest BCUT2D eigenvalue weighted by Crippen LogP contribution is 2.43. The van der Waals surface area contributed by atoms with Gasteiger partial charge in [0, 0.05) is 62.8 Å². The molecule has 1 aliphatic carbocycles. The minimum atomic E-state index is -3.41. The second kappa shape index (κ2) is 5.81. The van der Waals surface area contributed by atoms with Crippen LogP contribution in [0.3, 0.4) is 0 Å². The molecule has 0 spiro atoms. The minimum Gasteiger partial charge on any atom is -0.350 e. The highest BCUT2D eigenvalue weighted by molar-refractivity contribution is 7.87. The van der Waals surface area contributed by atoms with E-state index in [1.165, 1.54) is 26.3 Å². The lowest BCUT2D eigenvalue weighted by Gasteiger charge is -2.45. The molecule has 2 heterocycles. The number of hydrogen-bond acceptors (Lipinski definition) is 3. The van der Waals surface area contributed by atoms with Gasteiger partial charge in [-0.25, -0.2) is 0 Å². The fourth-order valence-electron chi connectivity index (χ4n) is 4.62. The molecule has 1 N–H and O–H groups in total. The summed E-state index contributed by atoms with van der Waals surface area (Å²) in [5, 5.41) is 1.37. The first-order valence-electron chi connectivity index (χ1n) is 8.75. The van der Waals surface area contributed by atoms with E-state index in [1.807, 2.05) is 0 Å². The van der Waals surface area contributed by atoms with E-state index >= 15 is 0 Å². The first kappa shape index (κ1) is 17.0. The van der Waals surface area contributed by atoms with Gasteiger partial charge >= 0.3 is 0 Å². The molecule has 4 rings (SSSR count). The van der Waals surface area contributed by atoms with E-state index in [0.29, 0.717) is 12.0 Å². The molecule has 25 heavy (non-hydrogen) atoms. The fourth-order valence-corrected chi connectivity index (χ4v) is 5.42. The van der Waals surface area contributed by atoms with Gasteiger partial charge in [0.15, 0.2) is 0 Å². The second-order valence-corrected chi connectivity index (χ2v) is 9.58. The molecule has 1 unspecified atom stereocenters. The van der Waals surface area contributed by atoms with E-state index in [1.54, 1.807) is 14.1 Å². The second-order valence-electron chi connectivity index (χ2n) is 7.66. The molecule has 1 fully saturated rings. The van der Waals surface area contributed by atoms with Crippen molar-refractivity contribution in [2.45, 2.75) is 30.8 Å². The molecule has 0 amide bonds. The smallest absolute Gasteiger partial charge is 0.279 e. The Kier molecular flexibility index (Phi) is 3.95. The van der Waals surface area contributed by atoms with Gasteiger partial charge in [0.05, 0.1) is 0 Å². The largest absolute Gasteiger partial charge is 0.350 e. The summed E-state index contributed by atoms with van der Waals surface area (Å²) in [4.78, 5) is 2.33. The lowest BCUT2D eigenvalue weighted by Crippen LogP contribution is -2.56. The van der Waals surface area contributed by atoms with Crippen molar-refractivity contribution >= 4 is 21.1 Å². The van der Waals surface area contributed by atoms with Crippen LogP contribution in [-0.2, 0) is 23.7 Å². The van der Waals surface area contributed by atoms with E-state index < -0.39 is 10.2 Å². The van der Waals surface area contributed by atoms with Crippen molar-refractivity contribution in [1.29, 1.82) is 0 Å². The summed E-state index contributed by atoms with van der Waals surface area (Å²) in [7, 11) is 3.93. The third-order valence-corrected chi connectivity index (χ3v) is 7.42. The molecule has 0 saturated carbocycles. The monoisotopic (exact) mass is 362 g/mol. The van der Waals surface area contributed by atoms with Crippen molar-refractivity contribution in [3.05, 3.63) is 35.5 Å². The van der Waals surface area contributed by atoms with E-state index in [-0.39, 0.29) is 6.04 Å². The number of fused-ring (bicyclic) bond motifs is 2. The van der Waals surface area contributed by atoms with Gasteiger partial charge in [-0.3, -0.25) is 0 Å². The first-order valence-corrected chi connectivity index (χ1v) is 10.2. The van der Waals surface area contributed by atoms with Crippen molar-refractivity contribution in [2.75, 3.05) is 27.7 Å². The molecule has 1 aliphatic heterocycles. The maximum absolute atomic E-state index is 12.3. The topological polar surface area (TPSA) is 57.6 Å². The normalized spacial score (nSPS) is 27.0. The molecular weight excluding hydrogens is 336 g/mol. The van der Waals surface area contributed by atoms with Gasteiger partial charge in [-0.2, -0.15) is 17.4 Å². The third-order valence-electron chi connectivity index (χ3n) is 5.83. The summed E-state index contributed by atoms with van der Waals surface area (Å²) in [6.45, 7) is 0.742. The lowest BCUT2D eigenvalue weighted by molar-refractivity contribution is 0.135. The molecule has 7 heteroatoms. The number of benzene rings is 1. The molecule has 2 aromatic rings. The van der Waals surface area contributed by atoms with Crippen molar-refractivity contribution in [1.82, 2.24) is 18.5 Å². The zero-order chi connectivity index (χ0) is 17.9. The molecule has 0 radical (unpaired) electrons. The maximum atomic E-state index is 12.3. The Bertz CT molecular complexity index is 919. The zero-order valence-corrected chi connectivity index (χ0v) is 16.0. The quantitative estimate of drug-likeness (QED) is 0.895. The van der Waals surface area contributed by atoms with Crippen LogP contribution >= 0.6 is 0 Å². The Hall–Kier alpha value is -1.41. The number of nitrogens with zero attached hydrogens (tertiary/aromatic N) is 3. The van der Waals surface area contributed by atoms with Gasteiger partial charge in [-0.15, -0.1) is 0 Å². The predicted molar refractivity (Wildman–Crippen MR) is 99.9 cm³/mol. The Morgan fingerprint density at radius 1 is 1.24 bits per heavy atom. The maximum Gasteiger partial charge on any atom is 0.279 e. The Morgan fingerprint density at radius 3 is 2.72 bits per heavy atom. The van der Waals surface area contributed by atoms with Crippen molar-refractivity contribution in [2.24, 2.45) is 7.05 Å². The summed E-state index contributed by atoms with van der Waals surface area (Å²) < 4.78 is 30.8. The SMILES string of the molecule is CN1C[C@@H](NS(=O)(=O)N(C)C)CC2c3cccc4c3c(cn4C)C[C@H]21. The van der Waals surface area contributed by atoms with Crippen LogP contribution in [0.1, 0.15) is 23.5 Å². The Labute approximate surface area is 149 Å². The van der Waals surface area contributed by atoms with Crippen LogP contribution in [0.15, 0.2) is 24.4 Å². The standard InChI is InChI=1S/C18H26N4O2S/c1-20(2)25(23,24)19-13-9-15-14-6-5-7-16-18(14)12(10-21(16)3)8-17(15)22(4)11-13/h5-7,10,13,15,17,19H,8-9,11H2,1-4H3/t13-,15?,17+/m0/s1. The van der Waals surface area contributed by atoms with Crippen LogP contribution in [0.4, 0.5) is 0 Å². The molecular formula is C18H26N4O2S. The molecule has 2 aliphatic rings. The van der Waals surface area contributed by atoms with E-state index in [2.05, 4.69) is 52.7 Å². The highest BCUT2D eigenvalue weighted by atomic mass is 32.2.